The molecule has 2 rings (SSSR count). The van der Waals surface area contributed by atoms with E-state index in [0.29, 0.717) is 0 Å². The molecule has 1 N–H and O–H groups in total. The van der Waals surface area contributed by atoms with Crippen molar-refractivity contribution in [3.05, 3.63) is 64.7 Å². The molecule has 0 bridgehead atoms. The summed E-state index contributed by atoms with van der Waals surface area (Å²) in [5, 5.41) is 9.32. The van der Waals surface area contributed by atoms with Gasteiger partial charge in [-0.25, -0.2) is 0 Å². The number of benzene rings is 2. The van der Waals surface area contributed by atoms with Crippen molar-refractivity contribution >= 4 is 0 Å². The van der Waals surface area contributed by atoms with Gasteiger partial charge in [0, 0.05) is 11.1 Å². The van der Waals surface area contributed by atoms with Crippen LogP contribution < -0.4 is 4.74 Å². The molecule has 0 atom stereocenters. The maximum Gasteiger partial charge on any atom is 0.118 e. The molecule has 0 unspecified atom stereocenters. The number of methoxy groups -OCH3 is 1. The summed E-state index contributed by atoms with van der Waals surface area (Å²) >= 11 is 0. The van der Waals surface area contributed by atoms with E-state index < -0.39 is 0 Å². The third-order valence-electron chi connectivity index (χ3n) is 2.86. The lowest BCUT2D eigenvalue weighted by molar-refractivity contribution is 0.281. The van der Waals surface area contributed by atoms with E-state index in [4.69, 9.17) is 4.74 Å². The van der Waals surface area contributed by atoms with Gasteiger partial charge < -0.3 is 9.84 Å². The molecule has 0 spiro atoms. The molecule has 0 saturated heterocycles. The number of aryl methyl sites for hydroxylation is 1. The van der Waals surface area contributed by atoms with E-state index in [1.54, 1.807) is 7.11 Å². The molecule has 0 aliphatic rings. The molecule has 0 radical (unpaired) electrons. The first-order valence-corrected chi connectivity index (χ1v) is 6.09. The molecular formula is C17H16O2. The predicted molar refractivity (Wildman–Crippen MR) is 76.1 cm³/mol. The summed E-state index contributed by atoms with van der Waals surface area (Å²) in [6.07, 6.45) is 0. The Labute approximate surface area is 113 Å². The Bertz CT molecular complexity index is 616. The molecule has 0 heterocycles. The Morgan fingerprint density at radius 3 is 2.42 bits per heavy atom. The van der Waals surface area contributed by atoms with Crippen molar-refractivity contribution in [3.63, 3.8) is 0 Å². The normalized spacial score (nSPS) is 9.63. The topological polar surface area (TPSA) is 29.5 Å². The SMILES string of the molecule is COc1ccc(C#Cc2ccc(C)cc2CO)cc1. The number of hydrogen-bond donors (Lipinski definition) is 1. The Balaban J connectivity index is 2.28. The number of aliphatic hydroxyl groups is 1. The summed E-state index contributed by atoms with van der Waals surface area (Å²) in [6, 6.07) is 13.5. The van der Waals surface area contributed by atoms with E-state index in [1.807, 2.05) is 49.4 Å². The number of aliphatic hydroxyl groups excluding tert-OH is 1. The van der Waals surface area contributed by atoms with Crippen LogP contribution in [-0.2, 0) is 6.61 Å². The van der Waals surface area contributed by atoms with Crippen molar-refractivity contribution in [3.8, 4) is 17.6 Å². The van der Waals surface area contributed by atoms with Crippen molar-refractivity contribution in [2.24, 2.45) is 0 Å². The standard InChI is InChI=1S/C17H16O2/c1-13-3-7-15(16(11-13)12-18)8-4-14-5-9-17(19-2)10-6-14/h3,5-7,9-11,18H,12H2,1-2H3. The summed E-state index contributed by atoms with van der Waals surface area (Å²) in [7, 11) is 1.64. The zero-order valence-electron chi connectivity index (χ0n) is 11.1. The van der Waals surface area contributed by atoms with Crippen molar-refractivity contribution in [1.29, 1.82) is 0 Å². The molecule has 2 aromatic rings. The lowest BCUT2D eigenvalue weighted by Gasteiger charge is -2.02. The Kier molecular flexibility index (Phi) is 4.22. The fraction of sp³-hybridized carbons (Fsp3) is 0.176. The van der Waals surface area contributed by atoms with Gasteiger partial charge in [-0.05, 0) is 42.8 Å². The number of hydrogen-bond acceptors (Lipinski definition) is 2. The predicted octanol–water partition coefficient (Wildman–Crippen LogP) is 2.90. The van der Waals surface area contributed by atoms with E-state index in [9.17, 15) is 5.11 Å². The quantitative estimate of drug-likeness (QED) is 0.833. The van der Waals surface area contributed by atoms with Gasteiger partial charge in [-0.3, -0.25) is 0 Å². The summed E-state index contributed by atoms with van der Waals surface area (Å²) in [6.45, 7) is 2.01. The van der Waals surface area contributed by atoms with Crippen molar-refractivity contribution < 1.29 is 9.84 Å². The molecule has 0 aliphatic carbocycles. The molecule has 0 amide bonds. The van der Waals surface area contributed by atoms with E-state index in [0.717, 1.165) is 28.0 Å². The van der Waals surface area contributed by atoms with Crippen LogP contribution in [-0.4, -0.2) is 12.2 Å². The van der Waals surface area contributed by atoms with Crippen LogP contribution in [0.2, 0.25) is 0 Å². The Morgan fingerprint density at radius 2 is 1.79 bits per heavy atom. The van der Waals surface area contributed by atoms with Gasteiger partial charge in [0.15, 0.2) is 0 Å². The highest BCUT2D eigenvalue weighted by Gasteiger charge is 1.98. The number of ether oxygens (including phenoxy) is 1. The van der Waals surface area contributed by atoms with Crippen LogP contribution in [0.5, 0.6) is 5.75 Å². The smallest absolute Gasteiger partial charge is 0.118 e. The second-order valence-electron chi connectivity index (χ2n) is 4.30. The van der Waals surface area contributed by atoms with Crippen molar-refractivity contribution in [2.75, 3.05) is 7.11 Å². The monoisotopic (exact) mass is 252 g/mol. The average Bonchev–Trinajstić information content (AvgIpc) is 2.46. The zero-order chi connectivity index (χ0) is 13.7. The summed E-state index contributed by atoms with van der Waals surface area (Å²) < 4.78 is 5.10. The molecule has 0 aliphatic heterocycles. The number of rotatable bonds is 2. The highest BCUT2D eigenvalue weighted by atomic mass is 16.5. The van der Waals surface area contributed by atoms with Gasteiger partial charge in [0.2, 0.25) is 0 Å². The molecule has 2 heteroatoms. The largest absolute Gasteiger partial charge is 0.497 e. The van der Waals surface area contributed by atoms with Crippen LogP contribution in [0.3, 0.4) is 0 Å². The minimum absolute atomic E-state index is 0.00824. The van der Waals surface area contributed by atoms with Crippen LogP contribution in [0.1, 0.15) is 22.3 Å². The molecular weight excluding hydrogens is 236 g/mol. The first-order valence-electron chi connectivity index (χ1n) is 6.09. The van der Waals surface area contributed by atoms with Gasteiger partial charge in [-0.15, -0.1) is 0 Å². The van der Waals surface area contributed by atoms with Gasteiger partial charge in [0.05, 0.1) is 13.7 Å². The second kappa shape index (κ2) is 6.08. The molecule has 2 nitrogen and oxygen atoms in total. The lowest BCUT2D eigenvalue weighted by atomic mass is 10.0. The van der Waals surface area contributed by atoms with Crippen LogP contribution in [0, 0.1) is 18.8 Å². The van der Waals surface area contributed by atoms with E-state index in [1.165, 1.54) is 0 Å². The van der Waals surface area contributed by atoms with Gasteiger partial charge >= 0.3 is 0 Å². The third-order valence-corrected chi connectivity index (χ3v) is 2.86. The first kappa shape index (κ1) is 13.2. The van der Waals surface area contributed by atoms with Gasteiger partial charge in [0.1, 0.15) is 5.75 Å². The molecule has 0 fully saturated rings. The van der Waals surface area contributed by atoms with Crippen molar-refractivity contribution in [2.45, 2.75) is 13.5 Å². The molecule has 19 heavy (non-hydrogen) atoms. The van der Waals surface area contributed by atoms with Gasteiger partial charge in [-0.1, -0.05) is 29.5 Å². The molecule has 2 aromatic carbocycles. The summed E-state index contributed by atoms with van der Waals surface area (Å²) in [5.41, 5.74) is 3.77. The summed E-state index contributed by atoms with van der Waals surface area (Å²) in [4.78, 5) is 0. The molecule has 0 saturated carbocycles. The van der Waals surface area contributed by atoms with Crippen molar-refractivity contribution in [1.82, 2.24) is 0 Å². The average molecular weight is 252 g/mol. The minimum atomic E-state index is 0.00824. The van der Waals surface area contributed by atoms with E-state index >= 15 is 0 Å². The van der Waals surface area contributed by atoms with E-state index in [2.05, 4.69) is 11.8 Å². The van der Waals surface area contributed by atoms with Gasteiger partial charge in [0.25, 0.3) is 0 Å². The third kappa shape index (κ3) is 3.37. The van der Waals surface area contributed by atoms with Crippen LogP contribution in [0.25, 0.3) is 0 Å². The fourth-order valence-corrected chi connectivity index (χ4v) is 1.79. The lowest BCUT2D eigenvalue weighted by Crippen LogP contribution is -1.90. The van der Waals surface area contributed by atoms with E-state index in [-0.39, 0.29) is 6.61 Å². The Hall–Kier alpha value is -2.24. The maximum atomic E-state index is 9.32. The van der Waals surface area contributed by atoms with Crippen LogP contribution >= 0.6 is 0 Å². The zero-order valence-corrected chi connectivity index (χ0v) is 11.1. The fourth-order valence-electron chi connectivity index (χ4n) is 1.79. The summed E-state index contributed by atoms with van der Waals surface area (Å²) in [5.74, 6) is 7.00. The van der Waals surface area contributed by atoms with Crippen LogP contribution in [0.15, 0.2) is 42.5 Å². The van der Waals surface area contributed by atoms with Crippen LogP contribution in [0.4, 0.5) is 0 Å². The maximum absolute atomic E-state index is 9.32. The Morgan fingerprint density at radius 1 is 1.05 bits per heavy atom. The minimum Gasteiger partial charge on any atom is -0.497 e. The molecule has 0 aromatic heterocycles. The second-order valence-corrected chi connectivity index (χ2v) is 4.30. The highest BCUT2D eigenvalue weighted by molar-refractivity contribution is 5.48. The van der Waals surface area contributed by atoms with Gasteiger partial charge in [-0.2, -0.15) is 0 Å². The highest BCUT2D eigenvalue weighted by Crippen LogP contribution is 2.12. The first-order chi connectivity index (χ1) is 9.22. The molecule has 96 valence electrons.